The highest BCUT2D eigenvalue weighted by Crippen LogP contribution is 2.01. The van der Waals surface area contributed by atoms with Crippen molar-refractivity contribution < 1.29 is 19.3 Å². The number of nitrogens with zero attached hydrogens (tertiary/aromatic N) is 2. The van der Waals surface area contributed by atoms with E-state index in [9.17, 15) is 9.59 Å². The third kappa shape index (κ3) is 5.02. The smallest absolute Gasteiger partial charge is 0.319 e. The largest absolute Gasteiger partial charge is 0.332 e. The molecule has 0 aliphatic heterocycles. The van der Waals surface area contributed by atoms with E-state index in [-0.39, 0.29) is 5.71 Å². The zero-order chi connectivity index (χ0) is 13.4. The van der Waals surface area contributed by atoms with Gasteiger partial charge in [-0.15, -0.1) is 0 Å². The summed E-state index contributed by atoms with van der Waals surface area (Å²) in [5.41, 5.74) is 0.946. The van der Waals surface area contributed by atoms with E-state index in [1.807, 2.05) is 6.07 Å². The topological polar surface area (TPSA) is 77.3 Å². The molecule has 0 unspecified atom stereocenters. The number of carbonyl (C=O) groups is 2. The molecule has 18 heavy (non-hydrogen) atoms. The quantitative estimate of drug-likeness (QED) is 0.459. The van der Waals surface area contributed by atoms with Crippen LogP contribution in [0.2, 0.25) is 0 Å². The first-order valence-electron chi connectivity index (χ1n) is 5.11. The molecule has 6 heteroatoms. The normalized spacial score (nSPS) is 11.3. The van der Waals surface area contributed by atoms with Crippen molar-refractivity contribution in [2.24, 2.45) is 10.3 Å². The molecule has 0 aromatic heterocycles. The average Bonchev–Trinajstić information content (AvgIpc) is 2.34. The molecule has 0 saturated carbocycles. The first-order valence-corrected chi connectivity index (χ1v) is 5.11. The molecule has 0 amide bonds. The van der Waals surface area contributed by atoms with Crippen LogP contribution in [0.4, 0.5) is 0 Å². The lowest BCUT2D eigenvalue weighted by atomic mass is 10.1. The summed E-state index contributed by atoms with van der Waals surface area (Å²) in [6.07, 6.45) is 1.19. The van der Waals surface area contributed by atoms with Crippen LogP contribution < -0.4 is 0 Å². The summed E-state index contributed by atoms with van der Waals surface area (Å²) in [7, 11) is 0. The van der Waals surface area contributed by atoms with Crippen LogP contribution in [0, 0.1) is 0 Å². The fraction of sp³-hybridized carbons (Fsp3) is 0.167. The fourth-order valence-corrected chi connectivity index (χ4v) is 1.02. The molecule has 0 radical (unpaired) electrons. The van der Waals surface area contributed by atoms with Crippen LogP contribution >= 0.6 is 0 Å². The molecule has 1 rings (SSSR count). The minimum atomic E-state index is -0.552. The predicted octanol–water partition coefficient (Wildman–Crippen LogP) is 1.50. The van der Waals surface area contributed by atoms with Crippen LogP contribution in [-0.2, 0) is 19.3 Å². The minimum Gasteiger partial charge on any atom is -0.319 e. The summed E-state index contributed by atoms with van der Waals surface area (Å²) in [5.74, 6) is -1.10. The second-order valence-electron chi connectivity index (χ2n) is 3.24. The van der Waals surface area contributed by atoms with Crippen molar-refractivity contribution in [3.05, 3.63) is 35.9 Å². The van der Waals surface area contributed by atoms with Crippen LogP contribution in [0.25, 0.3) is 0 Å². The van der Waals surface area contributed by atoms with E-state index >= 15 is 0 Å². The summed E-state index contributed by atoms with van der Waals surface area (Å²) in [4.78, 5) is 30.2. The molecular formula is C12H12N2O4. The lowest BCUT2D eigenvalue weighted by molar-refractivity contribution is -0.142. The summed E-state index contributed by atoms with van der Waals surface area (Å²) >= 11 is 0. The molecule has 0 aliphatic carbocycles. The molecule has 1 aromatic carbocycles. The van der Waals surface area contributed by atoms with Crippen LogP contribution in [0.1, 0.15) is 19.4 Å². The van der Waals surface area contributed by atoms with Gasteiger partial charge in [-0.05, 0) is 0 Å². The second-order valence-corrected chi connectivity index (χ2v) is 3.24. The Hall–Kier alpha value is -2.50. The maximum absolute atomic E-state index is 10.7. The molecule has 0 atom stereocenters. The molecule has 1 aromatic rings. The van der Waals surface area contributed by atoms with Gasteiger partial charge in [0.1, 0.15) is 5.71 Å². The van der Waals surface area contributed by atoms with Crippen molar-refractivity contribution in [3.8, 4) is 0 Å². The van der Waals surface area contributed by atoms with Crippen molar-refractivity contribution in [1.29, 1.82) is 0 Å². The van der Waals surface area contributed by atoms with Crippen LogP contribution in [0.5, 0.6) is 0 Å². The van der Waals surface area contributed by atoms with Crippen molar-refractivity contribution in [2.75, 3.05) is 0 Å². The minimum absolute atomic E-state index is 0.270. The van der Waals surface area contributed by atoms with Crippen LogP contribution in [0.15, 0.2) is 40.6 Å². The van der Waals surface area contributed by atoms with Gasteiger partial charge >= 0.3 is 11.9 Å². The Morgan fingerprint density at radius 1 is 1.06 bits per heavy atom. The highest BCUT2D eigenvalue weighted by molar-refractivity contribution is 6.38. The van der Waals surface area contributed by atoms with Gasteiger partial charge in [-0.25, -0.2) is 9.59 Å². The molecule has 0 N–H and O–H groups in total. The van der Waals surface area contributed by atoms with E-state index in [1.165, 1.54) is 20.1 Å². The Morgan fingerprint density at radius 2 is 1.67 bits per heavy atom. The molecule has 0 bridgehead atoms. The van der Waals surface area contributed by atoms with Gasteiger partial charge in [0.15, 0.2) is 0 Å². The lowest BCUT2D eigenvalue weighted by Crippen LogP contribution is -2.06. The van der Waals surface area contributed by atoms with Gasteiger partial charge < -0.3 is 9.68 Å². The average molecular weight is 248 g/mol. The Kier molecular flexibility index (Phi) is 5.24. The predicted molar refractivity (Wildman–Crippen MR) is 65.0 cm³/mol. The van der Waals surface area contributed by atoms with E-state index < -0.39 is 11.9 Å². The van der Waals surface area contributed by atoms with Gasteiger partial charge in [0.2, 0.25) is 0 Å². The highest BCUT2D eigenvalue weighted by atomic mass is 16.7. The Balaban J connectivity index is 2.89. The zero-order valence-corrected chi connectivity index (χ0v) is 9.99. The van der Waals surface area contributed by atoms with E-state index in [0.29, 0.717) is 5.56 Å². The molecule has 0 heterocycles. The lowest BCUT2D eigenvalue weighted by Gasteiger charge is -1.99. The van der Waals surface area contributed by atoms with Crippen molar-refractivity contribution >= 4 is 23.9 Å². The van der Waals surface area contributed by atoms with Crippen molar-refractivity contribution in [2.45, 2.75) is 13.8 Å². The molecule has 94 valence electrons. The van der Waals surface area contributed by atoms with Gasteiger partial charge in [-0.2, -0.15) is 0 Å². The molecule has 0 saturated heterocycles. The number of carbonyl (C=O) groups excluding carboxylic acids is 2. The van der Waals surface area contributed by atoms with E-state index in [0.717, 1.165) is 0 Å². The SMILES string of the molecule is CC(=O)O/N=C/C(=N/OC(C)=O)c1ccccc1. The van der Waals surface area contributed by atoms with Gasteiger partial charge in [-0.3, -0.25) is 0 Å². The number of hydrogen-bond acceptors (Lipinski definition) is 6. The fourth-order valence-electron chi connectivity index (χ4n) is 1.02. The van der Waals surface area contributed by atoms with Crippen molar-refractivity contribution in [3.63, 3.8) is 0 Å². The number of hydrogen-bond donors (Lipinski definition) is 0. The maximum Gasteiger partial charge on any atom is 0.332 e. The molecular weight excluding hydrogens is 236 g/mol. The third-order valence-corrected chi connectivity index (χ3v) is 1.70. The highest BCUT2D eigenvalue weighted by Gasteiger charge is 2.02. The number of oxime groups is 2. The molecule has 0 aliphatic rings. The first-order chi connectivity index (χ1) is 8.59. The molecule has 6 nitrogen and oxygen atoms in total. The van der Waals surface area contributed by atoms with E-state index in [1.54, 1.807) is 24.3 Å². The monoisotopic (exact) mass is 248 g/mol. The summed E-state index contributed by atoms with van der Waals surface area (Å²) in [6, 6.07) is 8.91. The number of rotatable bonds is 4. The standard InChI is InChI=1S/C12H12N2O4/c1-9(15)17-13-8-12(14-18-10(2)16)11-6-4-3-5-7-11/h3-8H,1-2H3/b13-8+,14-12-. The summed E-state index contributed by atoms with van der Waals surface area (Å²) in [5, 5.41) is 7.05. The molecule has 0 fully saturated rings. The van der Waals surface area contributed by atoms with Crippen LogP contribution in [0.3, 0.4) is 0 Å². The van der Waals surface area contributed by atoms with Gasteiger partial charge in [0.25, 0.3) is 0 Å². The van der Waals surface area contributed by atoms with Crippen molar-refractivity contribution in [1.82, 2.24) is 0 Å². The molecule has 0 spiro atoms. The van der Waals surface area contributed by atoms with Gasteiger partial charge in [0, 0.05) is 19.4 Å². The maximum atomic E-state index is 10.7. The number of benzene rings is 1. The third-order valence-electron chi connectivity index (χ3n) is 1.70. The zero-order valence-electron chi connectivity index (χ0n) is 9.99. The second kappa shape index (κ2) is 6.95. The van der Waals surface area contributed by atoms with E-state index in [2.05, 4.69) is 20.0 Å². The Labute approximate surface area is 104 Å². The van der Waals surface area contributed by atoms with Gasteiger partial charge in [0.05, 0.1) is 6.21 Å². The van der Waals surface area contributed by atoms with Crippen LogP contribution in [-0.4, -0.2) is 23.9 Å². The Bertz CT molecular complexity index is 480. The first kappa shape index (κ1) is 13.6. The summed E-state index contributed by atoms with van der Waals surface area (Å²) < 4.78 is 0. The van der Waals surface area contributed by atoms with Gasteiger partial charge in [-0.1, -0.05) is 40.6 Å². The Morgan fingerprint density at radius 3 is 2.22 bits per heavy atom. The van der Waals surface area contributed by atoms with E-state index in [4.69, 9.17) is 0 Å². The summed E-state index contributed by atoms with van der Waals surface area (Å²) in [6.45, 7) is 2.46.